The first-order chi connectivity index (χ1) is 16.5. The van der Waals surface area contributed by atoms with Crippen molar-refractivity contribution in [3.05, 3.63) is 65.2 Å². The monoisotopic (exact) mass is 501 g/mol. The molecule has 5 nitrogen and oxygen atoms in total. The van der Waals surface area contributed by atoms with Gasteiger partial charge in [-0.05, 0) is 54.2 Å². The second-order valence-corrected chi connectivity index (χ2v) is 13.4. The van der Waals surface area contributed by atoms with Gasteiger partial charge in [-0.3, -0.25) is 4.57 Å². The smallest absolute Gasteiger partial charge is 0.351 e. The molecule has 6 heteroatoms. The largest absolute Gasteiger partial charge is 0.489 e. The van der Waals surface area contributed by atoms with E-state index >= 15 is 0 Å². The van der Waals surface area contributed by atoms with Crippen molar-refractivity contribution in [1.82, 2.24) is 5.06 Å². The van der Waals surface area contributed by atoms with Gasteiger partial charge in [0.05, 0.1) is 12.8 Å². The second-order valence-electron chi connectivity index (χ2n) is 11.5. The van der Waals surface area contributed by atoms with E-state index in [1.807, 2.05) is 48.4 Å². The highest BCUT2D eigenvalue weighted by Crippen LogP contribution is 2.54. The fourth-order valence-electron chi connectivity index (χ4n) is 5.05. The molecule has 0 spiro atoms. The van der Waals surface area contributed by atoms with Gasteiger partial charge in [-0.1, -0.05) is 83.5 Å². The molecular weight excluding hydrogens is 457 g/mol. The van der Waals surface area contributed by atoms with Crippen LogP contribution in [-0.4, -0.2) is 24.8 Å². The number of nitrogens with zero attached hydrogens (tertiary/aromatic N) is 1. The predicted molar refractivity (Wildman–Crippen MR) is 144 cm³/mol. The minimum Gasteiger partial charge on any atom is -0.489 e. The Balaban J connectivity index is 1.92. The predicted octanol–water partition coefficient (Wildman–Crippen LogP) is 8.13. The number of rotatable bonds is 11. The molecule has 3 rings (SSSR count). The Morgan fingerprint density at radius 2 is 1.63 bits per heavy atom. The van der Waals surface area contributed by atoms with Crippen LogP contribution in [-0.2, 0) is 31.9 Å². The van der Waals surface area contributed by atoms with Crippen molar-refractivity contribution in [2.45, 2.75) is 85.4 Å². The van der Waals surface area contributed by atoms with Crippen LogP contribution in [0.1, 0.15) is 83.9 Å². The number of hydrogen-bond donors (Lipinski definition) is 0. The molecule has 1 aliphatic heterocycles. The van der Waals surface area contributed by atoms with Crippen LogP contribution in [0.25, 0.3) is 0 Å². The van der Waals surface area contributed by atoms with Gasteiger partial charge < -0.3 is 9.26 Å². The number of hydrogen-bond acceptors (Lipinski definition) is 5. The van der Waals surface area contributed by atoms with Gasteiger partial charge in [0.15, 0.2) is 0 Å². The van der Waals surface area contributed by atoms with Gasteiger partial charge in [0.1, 0.15) is 12.4 Å². The zero-order chi connectivity index (χ0) is 25.5. The molecule has 1 atom stereocenters. The van der Waals surface area contributed by atoms with Crippen molar-refractivity contribution < 1.29 is 18.5 Å². The molecule has 0 aromatic heterocycles. The molecule has 194 valence electrons. The first kappa shape index (κ1) is 27.9. The van der Waals surface area contributed by atoms with Gasteiger partial charge in [0.2, 0.25) is 0 Å². The highest BCUT2D eigenvalue weighted by molar-refractivity contribution is 7.52. The molecule has 2 aromatic rings. The number of benzene rings is 2. The summed E-state index contributed by atoms with van der Waals surface area (Å²) in [5.41, 5.74) is 3.30. The third kappa shape index (κ3) is 8.75. The van der Waals surface area contributed by atoms with E-state index in [-0.39, 0.29) is 17.0 Å². The lowest BCUT2D eigenvalue weighted by Crippen LogP contribution is -2.29. The van der Waals surface area contributed by atoms with Gasteiger partial charge in [-0.25, -0.2) is 4.62 Å². The van der Waals surface area contributed by atoms with Crippen molar-refractivity contribution in [3.63, 3.8) is 0 Å². The Kier molecular flexibility index (Phi) is 9.62. The van der Waals surface area contributed by atoms with Gasteiger partial charge >= 0.3 is 7.60 Å². The van der Waals surface area contributed by atoms with Crippen molar-refractivity contribution in [3.8, 4) is 5.75 Å². The molecule has 2 aromatic carbocycles. The lowest BCUT2D eigenvalue weighted by Gasteiger charge is -2.34. The maximum atomic E-state index is 13.9. The average molecular weight is 502 g/mol. The van der Waals surface area contributed by atoms with E-state index in [4.69, 9.17) is 13.9 Å². The number of hydroxylamine groups is 2. The van der Waals surface area contributed by atoms with E-state index in [2.05, 4.69) is 46.8 Å². The minimum absolute atomic E-state index is 0.0473. The topological polar surface area (TPSA) is 48.0 Å². The summed E-state index contributed by atoms with van der Waals surface area (Å²) in [6.45, 7) is 15.6. The molecule has 1 saturated heterocycles. The molecule has 35 heavy (non-hydrogen) atoms. The summed E-state index contributed by atoms with van der Waals surface area (Å²) in [7, 11) is -3.40. The van der Waals surface area contributed by atoms with Crippen LogP contribution in [0, 0.1) is 5.41 Å². The number of ether oxygens (including phenoxy) is 1. The first-order valence-corrected chi connectivity index (χ1v) is 14.7. The van der Waals surface area contributed by atoms with Gasteiger partial charge in [-0.2, -0.15) is 5.06 Å². The molecular formula is C29H44NO4P. The van der Waals surface area contributed by atoms with Crippen molar-refractivity contribution in [2.75, 3.05) is 19.7 Å². The minimum atomic E-state index is -3.40. The molecule has 0 aliphatic carbocycles. The highest BCUT2D eigenvalue weighted by atomic mass is 31.2. The van der Waals surface area contributed by atoms with Crippen LogP contribution in [0.4, 0.5) is 0 Å². The Morgan fingerprint density at radius 3 is 2.26 bits per heavy atom. The summed E-state index contributed by atoms with van der Waals surface area (Å²) in [6.07, 6.45) is 4.49. The Bertz CT molecular complexity index is 978. The van der Waals surface area contributed by atoms with Gasteiger partial charge in [-0.15, -0.1) is 0 Å². The lowest BCUT2D eigenvalue weighted by molar-refractivity contribution is -0.0839. The Labute approximate surface area is 212 Å². The summed E-state index contributed by atoms with van der Waals surface area (Å²) in [4.78, 5) is 0. The van der Waals surface area contributed by atoms with E-state index < -0.39 is 7.60 Å². The summed E-state index contributed by atoms with van der Waals surface area (Å²) < 4.78 is 32.0. The molecule has 0 amide bonds. The van der Waals surface area contributed by atoms with Crippen molar-refractivity contribution >= 4 is 7.60 Å². The maximum absolute atomic E-state index is 13.9. The molecule has 0 bridgehead atoms. The van der Waals surface area contributed by atoms with Crippen LogP contribution in [0.2, 0.25) is 0 Å². The van der Waals surface area contributed by atoms with E-state index in [1.54, 1.807) is 0 Å². The van der Waals surface area contributed by atoms with Crippen molar-refractivity contribution in [1.29, 1.82) is 0 Å². The average Bonchev–Trinajstić information content (AvgIpc) is 2.78. The van der Waals surface area contributed by atoms with E-state index in [0.29, 0.717) is 13.2 Å². The zero-order valence-electron chi connectivity index (χ0n) is 22.5. The maximum Gasteiger partial charge on any atom is 0.351 e. The summed E-state index contributed by atoms with van der Waals surface area (Å²) in [6, 6.07) is 16.4. The van der Waals surface area contributed by atoms with E-state index in [0.717, 1.165) is 49.2 Å². The highest BCUT2D eigenvalue weighted by Gasteiger charge is 2.33. The number of piperidine rings is 1. The van der Waals surface area contributed by atoms with Crippen LogP contribution in [0.3, 0.4) is 0 Å². The standard InChI is InChI=1S/C29H44NO4P/c1-7-33-35(31,34-30-18-12-9-13-19-30)22-25-20-26(29(5,6)23-28(2,3)4)16-17-27(25)32-21-24-14-10-8-11-15-24/h8,10-11,14-17,20H,7,9,12-13,18-19,21-23H2,1-6H3. The quantitative estimate of drug-likeness (QED) is 0.291. The summed E-state index contributed by atoms with van der Waals surface area (Å²) in [5, 5.41) is 1.83. The van der Waals surface area contributed by atoms with Crippen LogP contribution < -0.4 is 4.74 Å². The molecule has 1 aliphatic rings. The Hall–Kier alpha value is -1.65. The van der Waals surface area contributed by atoms with Crippen LogP contribution in [0.5, 0.6) is 5.75 Å². The second kappa shape index (κ2) is 12.1. The molecule has 0 radical (unpaired) electrons. The third-order valence-corrected chi connectivity index (χ3v) is 8.16. The molecule has 1 fully saturated rings. The summed E-state index contributed by atoms with van der Waals surface area (Å²) >= 11 is 0. The third-order valence-electron chi connectivity index (χ3n) is 6.30. The van der Waals surface area contributed by atoms with Crippen molar-refractivity contribution in [2.24, 2.45) is 5.41 Å². The lowest BCUT2D eigenvalue weighted by atomic mass is 9.72. The molecule has 0 saturated carbocycles. The first-order valence-electron chi connectivity index (χ1n) is 13.0. The fraction of sp³-hybridized carbons (Fsp3) is 0.586. The van der Waals surface area contributed by atoms with Crippen LogP contribution in [0.15, 0.2) is 48.5 Å². The summed E-state index contributed by atoms with van der Waals surface area (Å²) in [5.74, 6) is 0.728. The van der Waals surface area contributed by atoms with E-state index in [9.17, 15) is 4.57 Å². The zero-order valence-corrected chi connectivity index (χ0v) is 23.4. The normalized spacial score (nSPS) is 17.2. The van der Waals surface area contributed by atoms with E-state index in [1.165, 1.54) is 12.0 Å². The van der Waals surface area contributed by atoms with Gasteiger partial charge in [0, 0.05) is 18.7 Å². The fourth-order valence-corrected chi connectivity index (χ4v) is 6.82. The molecule has 1 unspecified atom stereocenters. The van der Waals surface area contributed by atoms with Gasteiger partial charge in [0.25, 0.3) is 0 Å². The SMILES string of the molecule is CCOP(=O)(Cc1cc(C(C)(C)CC(C)(C)C)ccc1OCc1ccccc1)ON1CCCCC1. The Morgan fingerprint density at radius 1 is 0.943 bits per heavy atom. The van der Waals surface area contributed by atoms with Crippen LogP contribution >= 0.6 is 7.60 Å². The molecule has 1 heterocycles. The molecule has 0 N–H and O–H groups in total.